The molecule has 0 aromatic heterocycles. The van der Waals surface area contributed by atoms with Crippen LogP contribution < -0.4 is 5.73 Å². The van der Waals surface area contributed by atoms with Crippen molar-refractivity contribution in [3.8, 4) is 0 Å². The van der Waals surface area contributed by atoms with Crippen LogP contribution in [0.3, 0.4) is 0 Å². The molecule has 1 rings (SSSR count). The Balaban J connectivity index is 2.28. The summed E-state index contributed by atoms with van der Waals surface area (Å²) < 4.78 is 12.6. The number of rotatable bonds is 3. The van der Waals surface area contributed by atoms with Crippen LogP contribution in [0.5, 0.6) is 0 Å². The van der Waals surface area contributed by atoms with Gasteiger partial charge in [0, 0.05) is 5.92 Å². The van der Waals surface area contributed by atoms with Gasteiger partial charge in [0.2, 0.25) is 0 Å². The number of nitrogens with two attached hydrogens (primary N) is 1. The lowest BCUT2D eigenvalue weighted by molar-refractivity contribution is 0.231. The van der Waals surface area contributed by atoms with E-state index in [-0.39, 0.29) is 5.92 Å². The molecule has 0 bridgehead atoms. The minimum Gasteiger partial charge on any atom is -0.330 e. The van der Waals surface area contributed by atoms with Gasteiger partial charge in [-0.05, 0) is 32.2 Å². The Labute approximate surface area is 55.4 Å². The van der Waals surface area contributed by atoms with Crippen LogP contribution in [-0.2, 0) is 0 Å². The van der Waals surface area contributed by atoms with Crippen molar-refractivity contribution >= 4 is 0 Å². The highest BCUT2D eigenvalue weighted by atomic mass is 19.1. The predicted octanol–water partition coefficient (Wildman–Crippen LogP) is 1.33. The van der Waals surface area contributed by atoms with Crippen LogP contribution in [0.4, 0.5) is 4.39 Å². The monoisotopic (exact) mass is 131 g/mol. The van der Waals surface area contributed by atoms with Gasteiger partial charge in [0.25, 0.3) is 0 Å². The maximum atomic E-state index is 12.6. The fraction of sp³-hybridized carbons (Fsp3) is 1.00. The number of hydrogen-bond donors (Lipinski definition) is 1. The van der Waals surface area contributed by atoms with Crippen LogP contribution in [0.25, 0.3) is 0 Å². The summed E-state index contributed by atoms with van der Waals surface area (Å²) in [5.41, 5.74) is 5.37. The SMILES string of the molecule is CC(F)C(CN)C1CC1. The molecule has 1 fully saturated rings. The van der Waals surface area contributed by atoms with E-state index in [0.29, 0.717) is 12.5 Å². The van der Waals surface area contributed by atoms with Gasteiger partial charge < -0.3 is 5.73 Å². The van der Waals surface area contributed by atoms with E-state index < -0.39 is 6.17 Å². The Morgan fingerprint density at radius 1 is 1.67 bits per heavy atom. The fourth-order valence-electron chi connectivity index (χ4n) is 1.28. The summed E-state index contributed by atoms with van der Waals surface area (Å²) >= 11 is 0. The van der Waals surface area contributed by atoms with E-state index in [2.05, 4.69) is 0 Å². The van der Waals surface area contributed by atoms with Gasteiger partial charge in [0.15, 0.2) is 0 Å². The molecular formula is C7H14FN. The molecule has 2 N–H and O–H groups in total. The summed E-state index contributed by atoms with van der Waals surface area (Å²) in [5, 5.41) is 0. The minimum atomic E-state index is -0.706. The Morgan fingerprint density at radius 2 is 2.22 bits per heavy atom. The van der Waals surface area contributed by atoms with Crippen molar-refractivity contribution in [3.05, 3.63) is 0 Å². The topological polar surface area (TPSA) is 26.0 Å². The minimum absolute atomic E-state index is 0.144. The smallest absolute Gasteiger partial charge is 0.102 e. The summed E-state index contributed by atoms with van der Waals surface area (Å²) in [6.45, 7) is 2.12. The summed E-state index contributed by atoms with van der Waals surface area (Å²) in [6, 6.07) is 0. The van der Waals surface area contributed by atoms with Crippen LogP contribution in [0.15, 0.2) is 0 Å². The number of hydrogen-bond acceptors (Lipinski definition) is 1. The molecule has 1 nitrogen and oxygen atoms in total. The van der Waals surface area contributed by atoms with E-state index in [4.69, 9.17) is 5.73 Å². The van der Waals surface area contributed by atoms with E-state index in [0.717, 1.165) is 0 Å². The molecule has 0 amide bonds. The summed E-state index contributed by atoms with van der Waals surface area (Å²) in [7, 11) is 0. The van der Waals surface area contributed by atoms with E-state index in [9.17, 15) is 4.39 Å². The second kappa shape index (κ2) is 2.65. The first-order valence-corrected chi connectivity index (χ1v) is 3.60. The van der Waals surface area contributed by atoms with E-state index >= 15 is 0 Å². The van der Waals surface area contributed by atoms with E-state index in [1.54, 1.807) is 6.92 Å². The lowest BCUT2D eigenvalue weighted by Gasteiger charge is -2.13. The van der Waals surface area contributed by atoms with Crippen molar-refractivity contribution in [1.82, 2.24) is 0 Å². The lowest BCUT2D eigenvalue weighted by atomic mass is 10.00. The first kappa shape index (κ1) is 7.00. The van der Waals surface area contributed by atoms with Crippen molar-refractivity contribution in [3.63, 3.8) is 0 Å². The standard InChI is InChI=1S/C7H14FN/c1-5(8)7(4-9)6-2-3-6/h5-7H,2-4,9H2,1H3. The molecule has 0 aromatic carbocycles. The molecule has 1 saturated carbocycles. The lowest BCUT2D eigenvalue weighted by Crippen LogP contribution is -2.24. The van der Waals surface area contributed by atoms with Crippen LogP contribution in [0.2, 0.25) is 0 Å². The van der Waals surface area contributed by atoms with Crippen LogP contribution in [0.1, 0.15) is 19.8 Å². The molecule has 54 valence electrons. The van der Waals surface area contributed by atoms with Gasteiger partial charge in [-0.1, -0.05) is 0 Å². The van der Waals surface area contributed by atoms with Crippen LogP contribution in [0, 0.1) is 11.8 Å². The molecule has 2 heteroatoms. The van der Waals surface area contributed by atoms with E-state index in [1.165, 1.54) is 12.8 Å². The zero-order valence-corrected chi connectivity index (χ0v) is 5.81. The molecule has 0 saturated heterocycles. The van der Waals surface area contributed by atoms with Gasteiger partial charge in [0.1, 0.15) is 6.17 Å². The average Bonchev–Trinajstić information content (AvgIpc) is 2.50. The average molecular weight is 131 g/mol. The van der Waals surface area contributed by atoms with Gasteiger partial charge in [-0.15, -0.1) is 0 Å². The maximum absolute atomic E-state index is 12.6. The van der Waals surface area contributed by atoms with Crippen molar-refractivity contribution in [2.45, 2.75) is 25.9 Å². The molecule has 9 heavy (non-hydrogen) atoms. The maximum Gasteiger partial charge on any atom is 0.102 e. The highest BCUT2D eigenvalue weighted by Crippen LogP contribution is 2.38. The fourth-order valence-corrected chi connectivity index (χ4v) is 1.28. The van der Waals surface area contributed by atoms with Crippen molar-refractivity contribution in [2.24, 2.45) is 17.6 Å². The zero-order valence-electron chi connectivity index (χ0n) is 5.81. The second-order valence-corrected chi connectivity index (χ2v) is 2.91. The Morgan fingerprint density at radius 3 is 2.33 bits per heavy atom. The molecule has 0 spiro atoms. The van der Waals surface area contributed by atoms with Crippen molar-refractivity contribution in [1.29, 1.82) is 0 Å². The quantitative estimate of drug-likeness (QED) is 0.614. The number of halogens is 1. The molecule has 0 heterocycles. The highest BCUT2D eigenvalue weighted by Gasteiger charge is 2.33. The molecule has 0 aromatic rings. The van der Waals surface area contributed by atoms with Crippen LogP contribution >= 0.6 is 0 Å². The normalized spacial score (nSPS) is 25.7. The zero-order chi connectivity index (χ0) is 6.85. The molecule has 0 radical (unpaired) electrons. The Bertz CT molecular complexity index is 86.9. The predicted molar refractivity (Wildman–Crippen MR) is 35.8 cm³/mol. The third kappa shape index (κ3) is 1.65. The second-order valence-electron chi connectivity index (χ2n) is 2.91. The van der Waals surface area contributed by atoms with Gasteiger partial charge >= 0.3 is 0 Å². The molecule has 1 aliphatic carbocycles. The molecule has 2 unspecified atom stereocenters. The van der Waals surface area contributed by atoms with Gasteiger partial charge in [-0.3, -0.25) is 0 Å². The summed E-state index contributed by atoms with van der Waals surface area (Å²) in [4.78, 5) is 0. The third-order valence-corrected chi connectivity index (χ3v) is 2.09. The Hall–Kier alpha value is -0.110. The first-order valence-electron chi connectivity index (χ1n) is 3.60. The van der Waals surface area contributed by atoms with E-state index in [1.807, 2.05) is 0 Å². The van der Waals surface area contributed by atoms with Gasteiger partial charge in [-0.25, -0.2) is 4.39 Å². The molecular weight excluding hydrogens is 117 g/mol. The molecule has 2 atom stereocenters. The summed E-state index contributed by atoms with van der Waals surface area (Å²) in [6.07, 6.45) is 1.68. The van der Waals surface area contributed by atoms with Crippen molar-refractivity contribution in [2.75, 3.05) is 6.54 Å². The van der Waals surface area contributed by atoms with Crippen LogP contribution in [-0.4, -0.2) is 12.7 Å². The largest absolute Gasteiger partial charge is 0.330 e. The van der Waals surface area contributed by atoms with Crippen molar-refractivity contribution < 1.29 is 4.39 Å². The van der Waals surface area contributed by atoms with Gasteiger partial charge in [-0.2, -0.15) is 0 Å². The Kier molecular flexibility index (Phi) is 2.06. The molecule has 1 aliphatic rings. The summed E-state index contributed by atoms with van der Waals surface area (Å²) in [5.74, 6) is 0.750. The molecule has 0 aliphatic heterocycles. The number of alkyl halides is 1. The first-order chi connectivity index (χ1) is 4.25. The van der Waals surface area contributed by atoms with Gasteiger partial charge in [0.05, 0.1) is 0 Å². The highest BCUT2D eigenvalue weighted by molar-refractivity contribution is 4.84. The third-order valence-electron chi connectivity index (χ3n) is 2.09.